The number of aromatic nitrogens is 1. The number of hydrogen-bond donors (Lipinski definition) is 0. The molecular weight excluding hydrogens is 304 g/mol. The van der Waals surface area contributed by atoms with Gasteiger partial charge in [-0.05, 0) is 43.5 Å². The molecule has 0 N–H and O–H groups in total. The fourth-order valence-corrected chi connectivity index (χ4v) is 3.71. The first kappa shape index (κ1) is 15.8. The summed E-state index contributed by atoms with van der Waals surface area (Å²) >= 11 is 1.65. The average molecular weight is 326 g/mol. The Kier molecular flexibility index (Phi) is 4.53. The van der Waals surface area contributed by atoms with Crippen LogP contribution in [0.15, 0.2) is 57.5 Å². The first-order valence-corrected chi connectivity index (χ1v) is 8.83. The summed E-state index contributed by atoms with van der Waals surface area (Å²) in [5, 5.41) is 2.12. The van der Waals surface area contributed by atoms with E-state index in [4.69, 9.17) is 9.41 Å². The van der Waals surface area contributed by atoms with Crippen LogP contribution in [0.1, 0.15) is 45.2 Å². The fourth-order valence-electron chi connectivity index (χ4n) is 2.69. The highest BCUT2D eigenvalue weighted by atomic mass is 32.1. The summed E-state index contributed by atoms with van der Waals surface area (Å²) in [6.45, 7) is 8.75. The van der Waals surface area contributed by atoms with Gasteiger partial charge in [0, 0.05) is 11.4 Å². The molecule has 0 fully saturated rings. The Bertz CT molecular complexity index is 838. The highest BCUT2D eigenvalue weighted by Crippen LogP contribution is 2.27. The van der Waals surface area contributed by atoms with E-state index in [9.17, 15) is 0 Å². The van der Waals surface area contributed by atoms with Crippen molar-refractivity contribution in [2.75, 3.05) is 0 Å². The third kappa shape index (κ3) is 3.17. The van der Waals surface area contributed by atoms with E-state index in [1.165, 1.54) is 5.56 Å². The van der Waals surface area contributed by atoms with Crippen molar-refractivity contribution >= 4 is 17.0 Å². The molecule has 0 aliphatic heterocycles. The summed E-state index contributed by atoms with van der Waals surface area (Å²) in [7, 11) is 0. The monoisotopic (exact) mass is 326 g/mol. The van der Waals surface area contributed by atoms with E-state index >= 15 is 0 Å². The molecule has 3 nitrogen and oxygen atoms in total. The van der Waals surface area contributed by atoms with Gasteiger partial charge in [0.15, 0.2) is 10.6 Å². The first-order valence-electron chi connectivity index (χ1n) is 7.95. The van der Waals surface area contributed by atoms with E-state index in [0.717, 1.165) is 21.9 Å². The van der Waals surface area contributed by atoms with Gasteiger partial charge in [-0.2, -0.15) is 0 Å². The maximum atomic E-state index is 5.58. The Morgan fingerprint density at radius 1 is 1.04 bits per heavy atom. The van der Waals surface area contributed by atoms with Crippen LogP contribution in [0.4, 0.5) is 5.69 Å². The van der Waals surface area contributed by atoms with Crippen molar-refractivity contribution in [1.29, 1.82) is 0 Å². The van der Waals surface area contributed by atoms with Crippen LogP contribution in [0.3, 0.4) is 0 Å². The van der Waals surface area contributed by atoms with Crippen molar-refractivity contribution in [2.24, 2.45) is 4.99 Å². The molecule has 0 aliphatic carbocycles. The molecule has 4 heteroatoms. The minimum Gasteiger partial charge on any atom is -0.463 e. The molecule has 23 heavy (non-hydrogen) atoms. The fraction of sp³-hybridized carbons (Fsp3) is 0.316. The van der Waals surface area contributed by atoms with E-state index in [0.29, 0.717) is 12.0 Å². The lowest BCUT2D eigenvalue weighted by atomic mass is 10.0. The van der Waals surface area contributed by atoms with Crippen molar-refractivity contribution in [1.82, 2.24) is 4.57 Å². The predicted molar refractivity (Wildman–Crippen MR) is 96.2 cm³/mol. The highest BCUT2D eigenvalue weighted by Gasteiger charge is 2.13. The topological polar surface area (TPSA) is 30.4 Å². The van der Waals surface area contributed by atoms with E-state index in [1.807, 2.05) is 18.2 Å². The third-order valence-electron chi connectivity index (χ3n) is 3.81. The quantitative estimate of drug-likeness (QED) is 0.600. The van der Waals surface area contributed by atoms with Crippen LogP contribution < -0.4 is 4.80 Å². The van der Waals surface area contributed by atoms with Gasteiger partial charge in [0.2, 0.25) is 0 Å². The van der Waals surface area contributed by atoms with Gasteiger partial charge in [0.05, 0.1) is 17.6 Å². The third-order valence-corrected chi connectivity index (χ3v) is 4.65. The number of rotatable bonds is 4. The molecule has 2 heterocycles. The molecular formula is C19H22N2OS. The number of hydrogen-bond acceptors (Lipinski definition) is 3. The molecule has 0 amide bonds. The van der Waals surface area contributed by atoms with Crippen LogP contribution in [0.2, 0.25) is 0 Å². The second-order valence-electron chi connectivity index (χ2n) is 6.17. The molecule has 120 valence electrons. The molecule has 1 aromatic carbocycles. The zero-order valence-electron chi connectivity index (χ0n) is 14.0. The standard InChI is InChI=1S/C19H22N2OS/c1-13(2)15-8-5-6-9-16(15)20-19-21(14(3)4)17(12-23-19)18-10-7-11-22-18/h5-14H,1-4H3. The summed E-state index contributed by atoms with van der Waals surface area (Å²) in [4.78, 5) is 5.95. The number of nitrogens with zero attached hydrogens (tertiary/aromatic N) is 2. The van der Waals surface area contributed by atoms with Gasteiger partial charge >= 0.3 is 0 Å². The summed E-state index contributed by atoms with van der Waals surface area (Å²) in [5.41, 5.74) is 3.40. The Hall–Kier alpha value is -2.07. The number of para-hydroxylation sites is 1. The second-order valence-corrected chi connectivity index (χ2v) is 7.01. The van der Waals surface area contributed by atoms with Crippen molar-refractivity contribution in [2.45, 2.75) is 39.7 Å². The molecule has 0 aliphatic rings. The van der Waals surface area contributed by atoms with Gasteiger partial charge in [-0.15, -0.1) is 11.3 Å². The zero-order valence-corrected chi connectivity index (χ0v) is 14.8. The minimum atomic E-state index is 0.311. The lowest BCUT2D eigenvalue weighted by Crippen LogP contribution is -2.17. The smallest absolute Gasteiger partial charge is 0.190 e. The van der Waals surface area contributed by atoms with Gasteiger partial charge in [0.1, 0.15) is 0 Å². The average Bonchev–Trinajstić information content (AvgIpc) is 3.16. The van der Waals surface area contributed by atoms with Crippen LogP contribution >= 0.6 is 11.3 Å². The summed E-state index contributed by atoms with van der Waals surface area (Å²) in [6, 6.07) is 12.6. The summed E-state index contributed by atoms with van der Waals surface area (Å²) in [5.74, 6) is 1.33. The number of thiazole rings is 1. The molecule has 0 bridgehead atoms. The molecule has 3 rings (SSSR count). The number of furan rings is 1. The Morgan fingerprint density at radius 2 is 1.83 bits per heavy atom. The molecule has 0 saturated heterocycles. The van der Waals surface area contributed by atoms with Crippen molar-refractivity contribution < 1.29 is 4.42 Å². The SMILES string of the molecule is CC(C)c1ccccc1N=c1scc(-c2ccco2)n1C(C)C. The lowest BCUT2D eigenvalue weighted by Gasteiger charge is -2.12. The van der Waals surface area contributed by atoms with Crippen LogP contribution in [-0.2, 0) is 0 Å². The van der Waals surface area contributed by atoms with E-state index in [2.05, 4.69) is 55.8 Å². The minimum absolute atomic E-state index is 0.311. The maximum absolute atomic E-state index is 5.58. The second kappa shape index (κ2) is 6.59. The van der Waals surface area contributed by atoms with Gasteiger partial charge < -0.3 is 8.98 Å². The molecule has 0 spiro atoms. The van der Waals surface area contributed by atoms with E-state index in [-0.39, 0.29) is 0 Å². The van der Waals surface area contributed by atoms with Gasteiger partial charge in [0.25, 0.3) is 0 Å². The molecule has 0 radical (unpaired) electrons. The van der Waals surface area contributed by atoms with Crippen molar-refractivity contribution in [3.8, 4) is 11.5 Å². The summed E-state index contributed by atoms with van der Waals surface area (Å²) < 4.78 is 7.82. The Balaban J connectivity index is 2.18. The van der Waals surface area contributed by atoms with Crippen molar-refractivity contribution in [3.05, 3.63) is 58.4 Å². The van der Waals surface area contributed by atoms with Crippen molar-refractivity contribution in [3.63, 3.8) is 0 Å². The van der Waals surface area contributed by atoms with Gasteiger partial charge in [-0.3, -0.25) is 0 Å². The highest BCUT2D eigenvalue weighted by molar-refractivity contribution is 7.07. The normalized spacial score (nSPS) is 12.5. The Morgan fingerprint density at radius 3 is 2.48 bits per heavy atom. The first-order chi connectivity index (χ1) is 11.1. The molecule has 0 atom stereocenters. The lowest BCUT2D eigenvalue weighted by molar-refractivity contribution is 0.548. The van der Waals surface area contributed by atoms with Gasteiger partial charge in [-0.25, -0.2) is 4.99 Å². The van der Waals surface area contributed by atoms with Crippen LogP contribution in [0.25, 0.3) is 11.5 Å². The number of benzene rings is 1. The zero-order chi connectivity index (χ0) is 16.4. The molecule has 3 aromatic rings. The van der Waals surface area contributed by atoms with Crippen LogP contribution in [0, 0.1) is 0 Å². The van der Waals surface area contributed by atoms with Crippen LogP contribution in [-0.4, -0.2) is 4.57 Å². The largest absolute Gasteiger partial charge is 0.463 e. The molecule has 0 unspecified atom stereocenters. The predicted octanol–water partition coefficient (Wildman–Crippen LogP) is 5.75. The van der Waals surface area contributed by atoms with E-state index < -0.39 is 0 Å². The molecule has 0 saturated carbocycles. The summed E-state index contributed by atoms with van der Waals surface area (Å²) in [6.07, 6.45) is 1.71. The maximum Gasteiger partial charge on any atom is 0.190 e. The molecule has 2 aromatic heterocycles. The van der Waals surface area contributed by atoms with E-state index in [1.54, 1.807) is 17.6 Å². The Labute approximate surface area is 140 Å². The van der Waals surface area contributed by atoms with Gasteiger partial charge in [-0.1, -0.05) is 32.0 Å². The van der Waals surface area contributed by atoms with Crippen LogP contribution in [0.5, 0.6) is 0 Å².